The second kappa shape index (κ2) is 7.62. The molecule has 1 aromatic carbocycles. The highest BCUT2D eigenvalue weighted by Crippen LogP contribution is 2.19. The molecule has 20 heavy (non-hydrogen) atoms. The van der Waals surface area contributed by atoms with E-state index in [0.717, 1.165) is 44.0 Å². The summed E-state index contributed by atoms with van der Waals surface area (Å²) in [7, 11) is 0. The van der Waals surface area contributed by atoms with Gasteiger partial charge in [0.25, 0.3) is 0 Å². The summed E-state index contributed by atoms with van der Waals surface area (Å²) in [5.74, 6) is 0.864. The van der Waals surface area contributed by atoms with E-state index in [0.29, 0.717) is 6.54 Å². The van der Waals surface area contributed by atoms with Crippen molar-refractivity contribution in [3.8, 4) is 5.75 Å². The first-order chi connectivity index (χ1) is 9.69. The molecule has 1 aromatic rings. The Morgan fingerprint density at radius 2 is 2.15 bits per heavy atom. The van der Waals surface area contributed by atoms with Crippen molar-refractivity contribution < 1.29 is 14.6 Å². The molecule has 0 aromatic heterocycles. The molecule has 0 amide bonds. The fourth-order valence-corrected chi connectivity index (χ4v) is 2.41. The molecular weight excluding hydrogens is 254 g/mol. The second-order valence-electron chi connectivity index (χ2n) is 5.37. The Bertz CT molecular complexity index is 393. The molecule has 4 nitrogen and oxygen atoms in total. The molecule has 112 valence electrons. The molecular formula is C16H25NO3. The Balaban J connectivity index is 1.86. The van der Waals surface area contributed by atoms with Gasteiger partial charge in [0.1, 0.15) is 5.75 Å². The number of ether oxygens (including phenoxy) is 2. The molecule has 1 fully saturated rings. The van der Waals surface area contributed by atoms with Crippen LogP contribution < -0.4 is 4.74 Å². The Morgan fingerprint density at radius 1 is 1.40 bits per heavy atom. The first kappa shape index (κ1) is 15.3. The van der Waals surface area contributed by atoms with Crippen LogP contribution in [0.25, 0.3) is 0 Å². The zero-order chi connectivity index (χ0) is 14.4. The lowest BCUT2D eigenvalue weighted by molar-refractivity contribution is -0.0319. The molecule has 1 aliphatic heterocycles. The highest BCUT2D eigenvalue weighted by Gasteiger charge is 2.19. The monoisotopic (exact) mass is 279 g/mol. The molecule has 0 spiro atoms. The van der Waals surface area contributed by atoms with Gasteiger partial charge >= 0.3 is 0 Å². The van der Waals surface area contributed by atoms with Crippen LogP contribution in [-0.2, 0) is 4.74 Å². The van der Waals surface area contributed by atoms with Crippen molar-refractivity contribution in [2.45, 2.75) is 32.5 Å². The van der Waals surface area contributed by atoms with Gasteiger partial charge in [-0.05, 0) is 31.0 Å². The van der Waals surface area contributed by atoms with Crippen LogP contribution in [0.15, 0.2) is 24.3 Å². The Morgan fingerprint density at radius 3 is 2.80 bits per heavy atom. The van der Waals surface area contributed by atoms with E-state index in [4.69, 9.17) is 9.47 Å². The first-order valence-corrected chi connectivity index (χ1v) is 7.44. The number of nitrogens with zero attached hydrogens (tertiary/aromatic N) is 1. The SMILES string of the molecule is CCCOc1ccc(C(O)CN2CCOC(C)C2)cc1. The predicted octanol–water partition coefficient (Wildman–Crippen LogP) is 2.23. The lowest BCUT2D eigenvalue weighted by Crippen LogP contribution is -2.42. The molecule has 1 aliphatic rings. The summed E-state index contributed by atoms with van der Waals surface area (Å²) >= 11 is 0. The molecule has 2 atom stereocenters. The fraction of sp³-hybridized carbons (Fsp3) is 0.625. The number of aliphatic hydroxyl groups excluding tert-OH is 1. The minimum Gasteiger partial charge on any atom is -0.494 e. The van der Waals surface area contributed by atoms with E-state index in [2.05, 4.69) is 18.7 Å². The fourth-order valence-electron chi connectivity index (χ4n) is 2.41. The number of morpholine rings is 1. The zero-order valence-corrected chi connectivity index (χ0v) is 12.4. The third-order valence-corrected chi connectivity index (χ3v) is 3.49. The van der Waals surface area contributed by atoms with Gasteiger partial charge in [0.15, 0.2) is 0 Å². The molecule has 2 unspecified atom stereocenters. The molecule has 1 N–H and O–H groups in total. The number of hydrogen-bond donors (Lipinski definition) is 1. The van der Waals surface area contributed by atoms with Crippen LogP contribution in [0.1, 0.15) is 31.9 Å². The first-order valence-electron chi connectivity index (χ1n) is 7.44. The zero-order valence-electron chi connectivity index (χ0n) is 12.4. The molecule has 1 saturated heterocycles. The van der Waals surface area contributed by atoms with Crippen molar-refractivity contribution in [2.75, 3.05) is 32.8 Å². The summed E-state index contributed by atoms with van der Waals surface area (Å²) in [6.07, 6.45) is 0.792. The van der Waals surface area contributed by atoms with Gasteiger partial charge in [0.05, 0.1) is 25.4 Å². The maximum atomic E-state index is 10.3. The van der Waals surface area contributed by atoms with E-state index in [9.17, 15) is 5.11 Å². The smallest absolute Gasteiger partial charge is 0.119 e. The van der Waals surface area contributed by atoms with E-state index in [1.807, 2.05) is 24.3 Å². The van der Waals surface area contributed by atoms with Gasteiger partial charge in [-0.2, -0.15) is 0 Å². The average Bonchev–Trinajstić information content (AvgIpc) is 2.45. The highest BCUT2D eigenvalue weighted by atomic mass is 16.5. The van der Waals surface area contributed by atoms with Crippen LogP contribution >= 0.6 is 0 Å². The third kappa shape index (κ3) is 4.47. The largest absolute Gasteiger partial charge is 0.494 e. The number of hydrogen-bond acceptors (Lipinski definition) is 4. The van der Waals surface area contributed by atoms with E-state index in [1.165, 1.54) is 0 Å². The normalized spacial score (nSPS) is 21.6. The molecule has 0 aliphatic carbocycles. The Kier molecular flexibility index (Phi) is 5.83. The van der Waals surface area contributed by atoms with E-state index >= 15 is 0 Å². The minimum absolute atomic E-state index is 0.251. The van der Waals surface area contributed by atoms with Crippen molar-refractivity contribution in [1.82, 2.24) is 4.90 Å². The topological polar surface area (TPSA) is 41.9 Å². The molecule has 0 radical (unpaired) electrons. The minimum atomic E-state index is -0.458. The Hall–Kier alpha value is -1.10. The van der Waals surface area contributed by atoms with Crippen molar-refractivity contribution in [3.63, 3.8) is 0 Å². The van der Waals surface area contributed by atoms with Crippen LogP contribution in [0.2, 0.25) is 0 Å². The van der Waals surface area contributed by atoms with Crippen LogP contribution in [-0.4, -0.2) is 49.0 Å². The number of rotatable bonds is 6. The van der Waals surface area contributed by atoms with Crippen LogP contribution in [0.3, 0.4) is 0 Å². The Labute approximate surface area is 121 Å². The van der Waals surface area contributed by atoms with Crippen LogP contribution in [0, 0.1) is 0 Å². The number of aliphatic hydroxyl groups is 1. The molecule has 0 saturated carbocycles. The predicted molar refractivity (Wildman–Crippen MR) is 79.0 cm³/mol. The summed E-state index contributed by atoms with van der Waals surface area (Å²) in [5, 5.41) is 10.3. The second-order valence-corrected chi connectivity index (χ2v) is 5.37. The maximum Gasteiger partial charge on any atom is 0.119 e. The van der Waals surface area contributed by atoms with Gasteiger partial charge in [0.2, 0.25) is 0 Å². The summed E-state index contributed by atoms with van der Waals surface area (Å²) in [4.78, 5) is 2.25. The van der Waals surface area contributed by atoms with Gasteiger partial charge in [-0.25, -0.2) is 0 Å². The van der Waals surface area contributed by atoms with Gasteiger partial charge in [0, 0.05) is 19.6 Å². The summed E-state index contributed by atoms with van der Waals surface area (Å²) < 4.78 is 11.1. The number of benzene rings is 1. The standard InChI is InChI=1S/C16H25NO3/c1-3-9-20-15-6-4-14(5-7-15)16(18)12-17-8-10-19-13(2)11-17/h4-7,13,16,18H,3,8-12H2,1-2H3. The third-order valence-electron chi connectivity index (χ3n) is 3.49. The summed E-state index contributed by atoms with van der Waals surface area (Å²) in [6.45, 7) is 8.06. The van der Waals surface area contributed by atoms with Crippen molar-refractivity contribution in [3.05, 3.63) is 29.8 Å². The molecule has 4 heteroatoms. The summed E-state index contributed by atoms with van der Waals surface area (Å²) in [5.41, 5.74) is 0.938. The van der Waals surface area contributed by atoms with Gasteiger partial charge in [-0.15, -0.1) is 0 Å². The molecule has 0 bridgehead atoms. The lowest BCUT2D eigenvalue weighted by atomic mass is 10.1. The van der Waals surface area contributed by atoms with Crippen LogP contribution in [0.5, 0.6) is 5.75 Å². The van der Waals surface area contributed by atoms with Gasteiger partial charge < -0.3 is 14.6 Å². The van der Waals surface area contributed by atoms with Gasteiger partial charge in [-0.3, -0.25) is 4.90 Å². The van der Waals surface area contributed by atoms with Gasteiger partial charge in [-0.1, -0.05) is 19.1 Å². The van der Waals surface area contributed by atoms with Crippen molar-refractivity contribution in [2.24, 2.45) is 0 Å². The van der Waals surface area contributed by atoms with E-state index in [1.54, 1.807) is 0 Å². The molecule has 1 heterocycles. The highest BCUT2D eigenvalue weighted by molar-refractivity contribution is 5.28. The molecule has 2 rings (SSSR count). The van der Waals surface area contributed by atoms with E-state index in [-0.39, 0.29) is 6.10 Å². The maximum absolute atomic E-state index is 10.3. The average molecular weight is 279 g/mol. The van der Waals surface area contributed by atoms with Crippen molar-refractivity contribution in [1.29, 1.82) is 0 Å². The summed E-state index contributed by atoms with van der Waals surface area (Å²) in [6, 6.07) is 7.74. The van der Waals surface area contributed by atoms with Crippen molar-refractivity contribution >= 4 is 0 Å². The quantitative estimate of drug-likeness (QED) is 0.867. The van der Waals surface area contributed by atoms with Crippen LogP contribution in [0.4, 0.5) is 0 Å². The lowest BCUT2D eigenvalue weighted by Gasteiger charge is -2.32. The number of β-amino-alcohol motifs (C(OH)–C–C–N with tert-alkyl or cyclic N) is 1. The van der Waals surface area contributed by atoms with E-state index < -0.39 is 6.10 Å².